The first kappa shape index (κ1) is 31.2. The first-order valence-corrected chi connectivity index (χ1v) is 9.80. The maximum absolute atomic E-state index is 8.64. The zero-order chi connectivity index (χ0) is 9.00. The molecule has 0 spiro atoms. The molecule has 0 atom stereocenters. The molecule has 0 aliphatic rings. The first-order chi connectivity index (χ1) is 4.00. The van der Waals surface area contributed by atoms with E-state index in [0.717, 1.165) is 0 Å². The van der Waals surface area contributed by atoms with Gasteiger partial charge in [-0.3, -0.25) is 0 Å². The molecule has 0 aliphatic carbocycles. The predicted molar refractivity (Wildman–Crippen MR) is 30.1 cm³/mol. The summed E-state index contributed by atoms with van der Waals surface area (Å²) in [5, 5.41) is 0. The van der Waals surface area contributed by atoms with Crippen molar-refractivity contribution in [2.24, 2.45) is 0 Å². The van der Waals surface area contributed by atoms with Crippen LogP contribution in [0.1, 0.15) is 0 Å². The SMILES string of the molecule is [Ba+2].[Ba+2].[Ba+2].[O]=[Sb]([O-])([O-])[O-].[O]=[Sb]([O-])([O-])[O-]. The Morgan fingerprint density at radius 1 is 0.538 bits per heavy atom. The molecule has 13 heteroatoms. The van der Waals surface area contributed by atoms with Crippen LogP contribution >= 0.6 is 0 Å². The molecule has 0 aliphatic heterocycles. The van der Waals surface area contributed by atoms with Crippen LogP contribution < -0.4 is 20.3 Å². The molecule has 8 nitrogen and oxygen atoms in total. The van der Waals surface area contributed by atoms with Crippen molar-refractivity contribution in [3.05, 3.63) is 0 Å². The molecule has 0 aromatic heterocycles. The third-order valence-electron chi connectivity index (χ3n) is 0. The summed E-state index contributed by atoms with van der Waals surface area (Å²) in [7, 11) is 0. The molecule has 0 radical (unpaired) electrons. The fourth-order valence-electron chi connectivity index (χ4n) is 0. The van der Waals surface area contributed by atoms with E-state index in [-0.39, 0.29) is 147 Å². The fraction of sp³-hybridized carbons (Fsp3) is 0. The van der Waals surface area contributed by atoms with Gasteiger partial charge in [0.15, 0.2) is 0 Å². The van der Waals surface area contributed by atoms with Gasteiger partial charge in [-0.15, -0.1) is 0 Å². The van der Waals surface area contributed by atoms with Crippen LogP contribution in [0.5, 0.6) is 0 Å². The van der Waals surface area contributed by atoms with Crippen LogP contribution in [0.25, 0.3) is 0 Å². The van der Waals surface area contributed by atoms with Gasteiger partial charge in [0, 0.05) is 0 Å². The molecule has 0 aromatic carbocycles. The predicted octanol–water partition coefficient (Wildman–Crippen LogP) is -9.28. The van der Waals surface area contributed by atoms with E-state index in [2.05, 4.69) is 0 Å². The molecule has 0 N–H and O–H groups in total. The summed E-state index contributed by atoms with van der Waals surface area (Å²) in [6.45, 7) is 0. The van der Waals surface area contributed by atoms with Crippen molar-refractivity contribution in [2.45, 2.75) is 0 Å². The second kappa shape index (κ2) is 15.8. The van der Waals surface area contributed by atoms with Crippen molar-refractivity contribution in [3.8, 4) is 0 Å². The van der Waals surface area contributed by atoms with Gasteiger partial charge in [0.2, 0.25) is 0 Å². The summed E-state index contributed by atoms with van der Waals surface area (Å²) in [4.78, 5) is 0. The Labute approximate surface area is 206 Å². The van der Waals surface area contributed by atoms with Gasteiger partial charge in [-0.25, -0.2) is 0 Å². The summed E-state index contributed by atoms with van der Waals surface area (Å²) in [6, 6.07) is 0. The normalized spacial score (nSPS) is 9.08. The van der Waals surface area contributed by atoms with E-state index >= 15 is 0 Å². The summed E-state index contributed by atoms with van der Waals surface area (Å²) >= 11 is -12.2. The minimum absolute atomic E-state index is 0. The minimum atomic E-state index is -6.10. The van der Waals surface area contributed by atoms with Gasteiger partial charge in [0.05, 0.1) is 0 Å². The molecule has 13 heavy (non-hydrogen) atoms. The van der Waals surface area contributed by atoms with Crippen molar-refractivity contribution in [3.63, 3.8) is 0 Å². The molecular weight excluding hydrogens is 783 g/mol. The standard InChI is InChI=1S/3Ba.8O.2Sb/q3*+2;;;6*-1;;. The number of hydrogen-bond donors (Lipinski definition) is 0. The van der Waals surface area contributed by atoms with Crippen LogP contribution in [0.2, 0.25) is 0 Å². The van der Waals surface area contributed by atoms with Crippen molar-refractivity contribution >= 4 is 187 Å². The molecule has 0 amide bonds. The van der Waals surface area contributed by atoms with Crippen LogP contribution in [0.3, 0.4) is 0 Å². The molecule has 0 rings (SSSR count). The van der Waals surface area contributed by atoms with Gasteiger partial charge in [-0.05, 0) is 0 Å². The Bertz CT molecular complexity index is 130. The number of hydrogen-bond acceptors (Lipinski definition) is 8. The summed E-state index contributed by atoms with van der Waals surface area (Å²) in [5.74, 6) is 0. The Morgan fingerprint density at radius 2 is 0.538 bits per heavy atom. The molecule has 64 valence electrons. The monoisotopic (exact) mass is 783 g/mol. The Balaban J connectivity index is -0.0000000267. The third kappa shape index (κ3) is 134. The van der Waals surface area contributed by atoms with Crippen LogP contribution in [0.15, 0.2) is 0 Å². The van der Waals surface area contributed by atoms with Gasteiger partial charge in [0.25, 0.3) is 0 Å². The molecular formula is Ba3O8Sb2. The Hall–Kier alpha value is 5.71. The zero-order valence-corrected chi connectivity index (χ0v) is 24.7. The van der Waals surface area contributed by atoms with Crippen LogP contribution in [0, 0.1) is 0 Å². The Kier molecular flexibility index (Phi) is 37.9. The van der Waals surface area contributed by atoms with E-state index in [1.807, 2.05) is 0 Å². The Morgan fingerprint density at radius 3 is 0.538 bits per heavy atom. The maximum atomic E-state index is 8.64. The van der Waals surface area contributed by atoms with Crippen molar-refractivity contribution in [2.75, 3.05) is 0 Å². The molecule has 0 saturated heterocycles. The third-order valence-corrected chi connectivity index (χ3v) is 0. The second-order valence-electron chi connectivity index (χ2n) is 0.894. The summed E-state index contributed by atoms with van der Waals surface area (Å²) < 4.78 is 69.1. The van der Waals surface area contributed by atoms with Gasteiger partial charge >= 0.3 is 213 Å². The summed E-state index contributed by atoms with van der Waals surface area (Å²) in [6.07, 6.45) is 0. The van der Waals surface area contributed by atoms with Crippen molar-refractivity contribution in [1.82, 2.24) is 0 Å². The van der Waals surface area contributed by atoms with E-state index in [4.69, 9.17) is 26.3 Å². The average Bonchev–Trinajstić information content (AvgIpc) is 1.12. The van der Waals surface area contributed by atoms with E-state index in [0.29, 0.717) is 0 Å². The van der Waals surface area contributed by atoms with E-state index in [1.165, 1.54) is 0 Å². The van der Waals surface area contributed by atoms with Crippen LogP contribution in [0.4, 0.5) is 0 Å². The number of rotatable bonds is 0. The topological polar surface area (TPSA) is 172 Å². The van der Waals surface area contributed by atoms with Crippen molar-refractivity contribution in [1.29, 1.82) is 0 Å². The van der Waals surface area contributed by atoms with Gasteiger partial charge in [0.1, 0.15) is 0 Å². The molecule has 0 aromatic rings. The van der Waals surface area contributed by atoms with Crippen LogP contribution in [-0.2, 0) is 6.03 Å². The zero-order valence-electron chi connectivity index (χ0n) is 6.28. The summed E-state index contributed by atoms with van der Waals surface area (Å²) in [5.41, 5.74) is 0. The fourth-order valence-corrected chi connectivity index (χ4v) is 0. The quantitative estimate of drug-likeness (QED) is 0.218. The van der Waals surface area contributed by atoms with E-state index < -0.39 is 40.1 Å². The van der Waals surface area contributed by atoms with Gasteiger partial charge in [-0.1, -0.05) is 0 Å². The average molecular weight is 783 g/mol. The molecule has 0 bridgehead atoms. The van der Waals surface area contributed by atoms with E-state index in [1.54, 1.807) is 0 Å². The molecule has 0 saturated carbocycles. The van der Waals surface area contributed by atoms with Gasteiger partial charge < -0.3 is 0 Å². The molecule has 0 fully saturated rings. The second-order valence-corrected chi connectivity index (χ2v) is 6.00. The first-order valence-electron chi connectivity index (χ1n) is 1.46. The molecule has 0 heterocycles. The van der Waals surface area contributed by atoms with E-state index in [9.17, 15) is 0 Å². The van der Waals surface area contributed by atoms with Gasteiger partial charge in [-0.2, -0.15) is 0 Å². The van der Waals surface area contributed by atoms with Crippen molar-refractivity contribution < 1.29 is 26.3 Å². The van der Waals surface area contributed by atoms with Crippen LogP contribution in [-0.4, -0.2) is 187 Å². The molecule has 0 unspecified atom stereocenters.